The number of benzene rings is 10. The van der Waals surface area contributed by atoms with E-state index in [1.54, 1.807) is 0 Å². The van der Waals surface area contributed by atoms with Crippen molar-refractivity contribution in [3.63, 3.8) is 0 Å². The minimum atomic E-state index is -0.509. The molecule has 12 aromatic rings. The molecule has 13 rings (SSSR count). The van der Waals surface area contributed by atoms with Gasteiger partial charge in [-0.1, -0.05) is 218 Å². The van der Waals surface area contributed by atoms with Gasteiger partial charge in [0.2, 0.25) is 0 Å². The highest BCUT2D eigenvalue weighted by molar-refractivity contribution is 6.12. The van der Waals surface area contributed by atoms with Crippen LogP contribution in [0.25, 0.3) is 101 Å². The fourth-order valence-corrected chi connectivity index (χ4v) is 10.7. The third-order valence-electron chi connectivity index (χ3n) is 13.6. The Bertz CT molecular complexity index is 3790. The second-order valence-electron chi connectivity index (χ2n) is 17.4. The number of hydrogen-bond acceptors (Lipinski definition) is 4. The molecule has 0 bridgehead atoms. The van der Waals surface area contributed by atoms with Crippen LogP contribution in [-0.4, -0.2) is 15.0 Å². The normalized spacial score (nSPS) is 12.5. The quantitative estimate of drug-likeness (QED) is 0.153. The third-order valence-corrected chi connectivity index (χ3v) is 13.6. The Hall–Kier alpha value is -8.99. The first kappa shape index (κ1) is 39.4. The zero-order chi connectivity index (χ0) is 45.0. The van der Waals surface area contributed by atoms with Gasteiger partial charge in [-0.15, -0.1) is 0 Å². The molecule has 4 heteroatoms. The number of para-hydroxylation sites is 1. The highest BCUT2D eigenvalue weighted by Crippen LogP contribution is 2.57. The van der Waals surface area contributed by atoms with Crippen molar-refractivity contribution in [3.8, 4) is 78.7 Å². The molecule has 318 valence electrons. The van der Waals surface area contributed by atoms with Crippen LogP contribution in [0.15, 0.2) is 253 Å². The Balaban J connectivity index is 1.11. The Morgan fingerprint density at radius 1 is 0.294 bits per heavy atom. The zero-order valence-electron chi connectivity index (χ0n) is 36.9. The molecule has 0 amide bonds. The molecule has 0 radical (unpaired) electrons. The Morgan fingerprint density at radius 3 is 1.50 bits per heavy atom. The molecule has 68 heavy (non-hydrogen) atoms. The fourth-order valence-electron chi connectivity index (χ4n) is 10.7. The van der Waals surface area contributed by atoms with Crippen molar-refractivity contribution < 1.29 is 4.42 Å². The third kappa shape index (κ3) is 6.34. The molecule has 0 spiro atoms. The van der Waals surface area contributed by atoms with Crippen molar-refractivity contribution in [2.75, 3.05) is 0 Å². The van der Waals surface area contributed by atoms with Gasteiger partial charge >= 0.3 is 0 Å². The maximum Gasteiger partial charge on any atom is 0.164 e. The van der Waals surface area contributed by atoms with E-state index in [2.05, 4.69) is 200 Å². The lowest BCUT2D eigenvalue weighted by Gasteiger charge is -2.34. The van der Waals surface area contributed by atoms with E-state index in [1.807, 2.05) is 48.5 Å². The maximum absolute atomic E-state index is 6.40. The van der Waals surface area contributed by atoms with Crippen LogP contribution >= 0.6 is 0 Å². The van der Waals surface area contributed by atoms with Gasteiger partial charge < -0.3 is 4.42 Å². The molecular formula is C64H41N3O. The smallest absolute Gasteiger partial charge is 0.164 e. The van der Waals surface area contributed by atoms with Gasteiger partial charge in [0.25, 0.3) is 0 Å². The summed E-state index contributed by atoms with van der Waals surface area (Å²) in [6.45, 7) is 0. The van der Waals surface area contributed by atoms with E-state index >= 15 is 0 Å². The predicted octanol–water partition coefficient (Wildman–Crippen LogP) is 16.1. The lowest BCUT2D eigenvalue weighted by molar-refractivity contribution is 0.669. The standard InChI is InChI=1S/C64H41N3O/c1-6-21-42(22-7-1)46-40-52(45-37-38-56-53(39-45)49-31-16-18-34-55(49)64(56,47-27-12-4-13-28-47)48-29-14-5-15-30-48)59(43-23-8-2-9-24-43)54(41-46)63-66-61(44-25-10-3-11-26-44)65-62(67-63)51-33-20-36-58-60(51)50-32-17-19-35-57(50)68-58/h1-41H. The number of furan rings is 1. The van der Waals surface area contributed by atoms with Gasteiger partial charge in [-0.3, -0.25) is 0 Å². The van der Waals surface area contributed by atoms with Crippen LogP contribution in [0.5, 0.6) is 0 Å². The number of aromatic nitrogens is 3. The van der Waals surface area contributed by atoms with E-state index in [0.29, 0.717) is 17.5 Å². The summed E-state index contributed by atoms with van der Waals surface area (Å²) in [7, 11) is 0. The first-order chi connectivity index (χ1) is 33.7. The average molecular weight is 868 g/mol. The summed E-state index contributed by atoms with van der Waals surface area (Å²) in [5.41, 5.74) is 17.7. The van der Waals surface area contributed by atoms with Crippen LogP contribution in [0.4, 0.5) is 0 Å². The van der Waals surface area contributed by atoms with Crippen LogP contribution in [0.3, 0.4) is 0 Å². The molecule has 0 aliphatic heterocycles. The van der Waals surface area contributed by atoms with Crippen molar-refractivity contribution in [3.05, 3.63) is 271 Å². The van der Waals surface area contributed by atoms with E-state index < -0.39 is 5.41 Å². The maximum atomic E-state index is 6.40. The van der Waals surface area contributed by atoms with Crippen LogP contribution in [0.2, 0.25) is 0 Å². The zero-order valence-corrected chi connectivity index (χ0v) is 36.9. The van der Waals surface area contributed by atoms with Crippen molar-refractivity contribution >= 4 is 21.9 Å². The molecule has 0 N–H and O–H groups in total. The van der Waals surface area contributed by atoms with Gasteiger partial charge in [0.1, 0.15) is 11.2 Å². The summed E-state index contributed by atoms with van der Waals surface area (Å²) in [4.78, 5) is 16.2. The predicted molar refractivity (Wildman–Crippen MR) is 277 cm³/mol. The highest BCUT2D eigenvalue weighted by Gasteiger charge is 2.46. The van der Waals surface area contributed by atoms with Gasteiger partial charge in [-0.25, -0.2) is 15.0 Å². The Kier molecular flexibility index (Phi) is 9.36. The Morgan fingerprint density at radius 2 is 0.794 bits per heavy atom. The molecule has 0 saturated carbocycles. The number of nitrogens with zero attached hydrogens (tertiary/aromatic N) is 3. The largest absolute Gasteiger partial charge is 0.456 e. The lowest BCUT2D eigenvalue weighted by Crippen LogP contribution is -2.28. The minimum Gasteiger partial charge on any atom is -0.456 e. The molecular weight excluding hydrogens is 827 g/mol. The Labute approximate surface area is 394 Å². The van der Waals surface area contributed by atoms with Gasteiger partial charge in [0.15, 0.2) is 17.5 Å². The van der Waals surface area contributed by atoms with Crippen LogP contribution < -0.4 is 0 Å². The molecule has 10 aromatic carbocycles. The van der Waals surface area contributed by atoms with E-state index in [0.717, 1.165) is 72.0 Å². The summed E-state index contributed by atoms with van der Waals surface area (Å²) in [5.74, 6) is 1.74. The molecule has 0 fully saturated rings. The van der Waals surface area contributed by atoms with Crippen molar-refractivity contribution in [2.45, 2.75) is 5.41 Å². The number of fused-ring (bicyclic) bond motifs is 6. The van der Waals surface area contributed by atoms with E-state index in [9.17, 15) is 0 Å². The molecule has 1 aliphatic carbocycles. The number of hydrogen-bond donors (Lipinski definition) is 0. The SMILES string of the molecule is c1ccc(-c2cc(-c3ccc4c(c3)-c3ccccc3C4(c3ccccc3)c3ccccc3)c(-c3ccccc3)c(-c3nc(-c4ccccc4)nc(-c4cccc5oc6ccccc6c45)n3)c2)cc1. The second kappa shape index (κ2) is 16.2. The van der Waals surface area contributed by atoms with Gasteiger partial charge in [-0.2, -0.15) is 0 Å². The summed E-state index contributed by atoms with van der Waals surface area (Å²) >= 11 is 0. The van der Waals surface area contributed by atoms with Gasteiger partial charge in [0, 0.05) is 33.0 Å². The molecule has 2 heterocycles. The molecule has 0 atom stereocenters. The summed E-state index contributed by atoms with van der Waals surface area (Å²) in [5, 5.41) is 1.99. The summed E-state index contributed by atoms with van der Waals surface area (Å²) in [6, 6.07) is 88.4. The molecule has 0 saturated heterocycles. The van der Waals surface area contributed by atoms with Gasteiger partial charge in [-0.05, 0) is 91.5 Å². The highest BCUT2D eigenvalue weighted by atomic mass is 16.3. The first-order valence-corrected chi connectivity index (χ1v) is 23.1. The lowest BCUT2D eigenvalue weighted by atomic mass is 9.67. The summed E-state index contributed by atoms with van der Waals surface area (Å²) in [6.07, 6.45) is 0. The fraction of sp³-hybridized carbons (Fsp3) is 0.0156. The average Bonchev–Trinajstić information content (AvgIpc) is 3.95. The minimum absolute atomic E-state index is 0.509. The monoisotopic (exact) mass is 867 g/mol. The first-order valence-electron chi connectivity index (χ1n) is 23.1. The second-order valence-corrected chi connectivity index (χ2v) is 17.4. The molecule has 4 nitrogen and oxygen atoms in total. The van der Waals surface area contributed by atoms with E-state index in [-0.39, 0.29) is 0 Å². The molecule has 1 aliphatic rings. The molecule has 2 aromatic heterocycles. The summed E-state index contributed by atoms with van der Waals surface area (Å²) < 4.78 is 6.40. The van der Waals surface area contributed by atoms with Crippen LogP contribution in [0, 0.1) is 0 Å². The van der Waals surface area contributed by atoms with Gasteiger partial charge in [0.05, 0.1) is 5.41 Å². The number of rotatable bonds is 8. The van der Waals surface area contributed by atoms with Crippen molar-refractivity contribution in [1.29, 1.82) is 0 Å². The van der Waals surface area contributed by atoms with Crippen LogP contribution in [-0.2, 0) is 5.41 Å². The molecule has 0 unspecified atom stereocenters. The van der Waals surface area contributed by atoms with Crippen molar-refractivity contribution in [2.24, 2.45) is 0 Å². The topological polar surface area (TPSA) is 51.8 Å². The van der Waals surface area contributed by atoms with E-state index in [1.165, 1.54) is 33.4 Å². The van der Waals surface area contributed by atoms with Crippen molar-refractivity contribution in [1.82, 2.24) is 15.0 Å². The van der Waals surface area contributed by atoms with Crippen LogP contribution in [0.1, 0.15) is 22.3 Å². The van der Waals surface area contributed by atoms with E-state index in [4.69, 9.17) is 19.4 Å².